The first kappa shape index (κ1) is 40.5. The largest absolute Gasteiger partial charge is 0.489 e. The molecule has 4 fully saturated rings. The molecule has 1 aliphatic carbocycles. The number of piperidine rings is 3. The third kappa shape index (κ3) is 7.59. The van der Waals surface area contributed by atoms with Crippen LogP contribution in [0.3, 0.4) is 0 Å². The minimum Gasteiger partial charge on any atom is -0.489 e. The normalized spacial score (nSPS) is 24.6. The van der Waals surface area contributed by atoms with Crippen molar-refractivity contribution in [1.82, 2.24) is 20.4 Å². The lowest BCUT2D eigenvalue weighted by atomic mass is 9.49. The Hall–Kier alpha value is -5.25. The first-order chi connectivity index (χ1) is 28.1. The summed E-state index contributed by atoms with van der Waals surface area (Å²) in [5.74, 6) is -0.434. The number of benzene rings is 3. The Balaban J connectivity index is 0.789. The van der Waals surface area contributed by atoms with Crippen LogP contribution in [0.25, 0.3) is 0 Å². The Bertz CT molecular complexity index is 2220. The van der Waals surface area contributed by atoms with Crippen molar-refractivity contribution in [2.75, 3.05) is 37.6 Å². The fourth-order valence-corrected chi connectivity index (χ4v) is 10.8. The molecule has 3 aromatic rings. The van der Waals surface area contributed by atoms with Crippen LogP contribution in [0.1, 0.15) is 114 Å². The maximum absolute atomic E-state index is 13.5. The van der Waals surface area contributed by atoms with Crippen molar-refractivity contribution in [3.8, 4) is 11.8 Å². The number of hydrogen-bond donors (Lipinski definition) is 2. The van der Waals surface area contributed by atoms with Crippen molar-refractivity contribution < 1.29 is 28.7 Å². The van der Waals surface area contributed by atoms with E-state index in [4.69, 9.17) is 16.3 Å². The molecule has 3 aromatic carbocycles. The van der Waals surface area contributed by atoms with E-state index < -0.39 is 29.7 Å². The Morgan fingerprint density at radius 2 is 1.54 bits per heavy atom. The highest BCUT2D eigenvalue weighted by atomic mass is 35.5. The summed E-state index contributed by atoms with van der Waals surface area (Å²) >= 11 is 6.26. The number of ether oxygens (including phenoxy) is 1. The van der Waals surface area contributed by atoms with Gasteiger partial charge in [0.2, 0.25) is 11.8 Å². The van der Waals surface area contributed by atoms with E-state index in [1.165, 1.54) is 5.56 Å². The predicted octanol–water partition coefficient (Wildman–Crippen LogP) is 6.32. The van der Waals surface area contributed by atoms with Crippen LogP contribution in [-0.4, -0.2) is 90.2 Å². The van der Waals surface area contributed by atoms with Crippen LogP contribution < -0.4 is 20.3 Å². The topological polar surface area (TPSA) is 152 Å². The van der Waals surface area contributed by atoms with Gasteiger partial charge in [0, 0.05) is 60.2 Å². The van der Waals surface area contributed by atoms with Crippen LogP contribution in [0.2, 0.25) is 5.02 Å². The second-order valence-corrected chi connectivity index (χ2v) is 18.5. The van der Waals surface area contributed by atoms with E-state index in [0.29, 0.717) is 44.9 Å². The molecule has 0 radical (unpaired) electrons. The number of rotatable bonds is 9. The van der Waals surface area contributed by atoms with Crippen molar-refractivity contribution in [3.05, 3.63) is 93.5 Å². The minimum atomic E-state index is -0.970. The number of fused-ring (bicyclic) bond motifs is 1. The number of nitrogens with one attached hydrogen (secondary N) is 2. The quantitative estimate of drug-likeness (QED) is 0.237. The van der Waals surface area contributed by atoms with Gasteiger partial charge in [-0.1, -0.05) is 51.4 Å². The summed E-state index contributed by atoms with van der Waals surface area (Å²) in [6.45, 7) is 13.2. The highest BCUT2D eigenvalue weighted by Gasteiger charge is 2.64. The number of halogens is 1. The molecule has 5 aliphatic rings. The van der Waals surface area contributed by atoms with Crippen molar-refractivity contribution >= 4 is 46.8 Å². The number of anilines is 1. The maximum Gasteiger partial charge on any atom is 0.262 e. The van der Waals surface area contributed by atoms with E-state index in [-0.39, 0.29) is 41.7 Å². The molecule has 3 saturated heterocycles. The Morgan fingerprint density at radius 1 is 0.864 bits per heavy atom. The smallest absolute Gasteiger partial charge is 0.262 e. The molecule has 2 N–H and O–H groups in total. The second-order valence-electron chi connectivity index (χ2n) is 18.1. The van der Waals surface area contributed by atoms with Gasteiger partial charge in [-0.3, -0.25) is 34.2 Å². The van der Waals surface area contributed by atoms with E-state index in [1.54, 1.807) is 30.3 Å². The van der Waals surface area contributed by atoms with Gasteiger partial charge >= 0.3 is 0 Å². The molecular weight excluding hydrogens is 768 g/mol. The molecule has 8 rings (SSSR count). The summed E-state index contributed by atoms with van der Waals surface area (Å²) in [4.78, 5) is 69.9. The molecule has 0 aromatic heterocycles. The molecule has 308 valence electrons. The Labute approximate surface area is 350 Å². The molecule has 59 heavy (non-hydrogen) atoms. The van der Waals surface area contributed by atoms with Crippen LogP contribution in [0.15, 0.2) is 60.7 Å². The monoisotopic (exact) mass is 818 g/mol. The summed E-state index contributed by atoms with van der Waals surface area (Å²) in [7, 11) is 0. The summed E-state index contributed by atoms with van der Waals surface area (Å²) < 4.78 is 6.39. The van der Waals surface area contributed by atoms with Crippen LogP contribution >= 0.6 is 11.6 Å². The Kier molecular flexibility index (Phi) is 10.8. The molecule has 4 heterocycles. The number of nitrogens with zero attached hydrogens (tertiary/aromatic N) is 4. The summed E-state index contributed by atoms with van der Waals surface area (Å²) in [5.41, 5.74) is 3.14. The number of nitriles is 1. The molecule has 0 bridgehead atoms. The minimum absolute atomic E-state index is 0.0937. The molecule has 1 saturated carbocycles. The zero-order valence-corrected chi connectivity index (χ0v) is 34.8. The molecule has 12 nitrogen and oxygen atoms in total. The van der Waals surface area contributed by atoms with Gasteiger partial charge in [0.15, 0.2) is 0 Å². The van der Waals surface area contributed by atoms with Gasteiger partial charge in [-0.2, -0.15) is 5.26 Å². The molecule has 5 amide bonds. The zero-order valence-electron chi connectivity index (χ0n) is 34.1. The fourth-order valence-electron chi connectivity index (χ4n) is 10.6. The lowest BCUT2D eigenvalue weighted by Crippen LogP contribution is -2.74. The third-order valence-electron chi connectivity index (χ3n) is 13.6. The molecule has 0 spiro atoms. The highest BCUT2D eigenvalue weighted by Crippen LogP contribution is 2.55. The average molecular weight is 819 g/mol. The van der Waals surface area contributed by atoms with Gasteiger partial charge in [-0.15, -0.1) is 0 Å². The number of amides is 5. The van der Waals surface area contributed by atoms with Gasteiger partial charge in [-0.25, -0.2) is 0 Å². The lowest BCUT2D eigenvalue weighted by molar-refractivity contribution is -0.164. The number of imide groups is 2. The molecule has 1 unspecified atom stereocenters. The highest BCUT2D eigenvalue weighted by molar-refractivity contribution is 6.31. The van der Waals surface area contributed by atoms with E-state index in [9.17, 15) is 29.2 Å². The summed E-state index contributed by atoms with van der Waals surface area (Å²) in [6, 6.07) is 19.6. The molecule has 4 aliphatic heterocycles. The SMILES string of the molecule is CC1(C)[C@H](NC(=O)c2ccc(C3CCN(CC4CCN(c5ccc6c(c5)C(=O)N(C5CCC(=O)NC5=O)C6=O)CC4)CC3)cc2)C(C)(C)[C@H]1Oc1ccc(C#N)c(Cl)c1. The molecular formula is C46H51ClN6O6. The van der Waals surface area contributed by atoms with Crippen LogP contribution in [0, 0.1) is 28.1 Å². The second kappa shape index (κ2) is 15.7. The van der Waals surface area contributed by atoms with E-state index in [0.717, 1.165) is 69.0 Å². The van der Waals surface area contributed by atoms with Gasteiger partial charge in [0.05, 0.1) is 21.7 Å². The van der Waals surface area contributed by atoms with Crippen LogP contribution in [0.4, 0.5) is 5.69 Å². The van der Waals surface area contributed by atoms with Crippen molar-refractivity contribution in [1.29, 1.82) is 5.26 Å². The number of likely N-dealkylation sites (tertiary alicyclic amines) is 1. The van der Waals surface area contributed by atoms with E-state index >= 15 is 0 Å². The van der Waals surface area contributed by atoms with Gasteiger partial charge < -0.3 is 19.9 Å². The fraction of sp³-hybridized carbons (Fsp3) is 0.478. The van der Waals surface area contributed by atoms with Crippen molar-refractivity contribution in [3.63, 3.8) is 0 Å². The zero-order chi connectivity index (χ0) is 41.8. The molecule has 1 atom stereocenters. The lowest BCUT2D eigenvalue weighted by Gasteiger charge is -2.63. The van der Waals surface area contributed by atoms with E-state index in [1.807, 2.05) is 18.2 Å². The Morgan fingerprint density at radius 3 is 2.19 bits per heavy atom. The van der Waals surface area contributed by atoms with E-state index in [2.05, 4.69) is 66.3 Å². The van der Waals surface area contributed by atoms with Gasteiger partial charge in [-0.05, 0) is 105 Å². The number of carbonyl (C=O) groups excluding carboxylic acids is 5. The first-order valence-electron chi connectivity index (χ1n) is 20.8. The summed E-state index contributed by atoms with van der Waals surface area (Å²) in [6.07, 6.45) is 4.26. The van der Waals surface area contributed by atoms with Crippen LogP contribution in [0.5, 0.6) is 5.75 Å². The van der Waals surface area contributed by atoms with Crippen molar-refractivity contribution in [2.24, 2.45) is 16.7 Å². The number of hydrogen-bond acceptors (Lipinski definition) is 9. The maximum atomic E-state index is 13.5. The average Bonchev–Trinajstić information content (AvgIpc) is 3.47. The van der Waals surface area contributed by atoms with Gasteiger partial charge in [0.1, 0.15) is 24.0 Å². The van der Waals surface area contributed by atoms with Gasteiger partial charge in [0.25, 0.3) is 17.7 Å². The van der Waals surface area contributed by atoms with Crippen LogP contribution in [-0.2, 0) is 9.59 Å². The third-order valence-corrected chi connectivity index (χ3v) is 13.9. The van der Waals surface area contributed by atoms with Crippen molar-refractivity contribution in [2.45, 2.75) is 90.3 Å². The standard InChI is InChI=1S/C46H51ClN6O6/c1-45(2)43(46(3,4)44(45)59-33-11-9-31(25-48)36(47)24-33)50-39(55)30-7-5-28(6-8-30)29-17-19-51(20-18-29)26-27-15-21-52(22-16-27)32-10-12-34-35(23-32)42(58)53(41(34)57)37-13-14-38(54)49-40(37)56/h5-12,23-24,27,29,37,43-44H,13-22,26H2,1-4H3,(H,50,55)(H,49,54,56)/t37?,43-,44-. The summed E-state index contributed by atoms with van der Waals surface area (Å²) in [5, 5.41) is 15.1. The first-order valence-corrected chi connectivity index (χ1v) is 21.1. The molecule has 13 heteroatoms. The number of carbonyl (C=O) groups is 5. The predicted molar refractivity (Wildman–Crippen MR) is 222 cm³/mol.